The summed E-state index contributed by atoms with van der Waals surface area (Å²) in [5.41, 5.74) is 0.676. The van der Waals surface area contributed by atoms with Gasteiger partial charge in [0.2, 0.25) is 0 Å². The second-order valence-corrected chi connectivity index (χ2v) is 19.4. The Kier molecular flexibility index (Phi) is 9.81. The van der Waals surface area contributed by atoms with E-state index in [4.69, 9.17) is 9.47 Å². The van der Waals surface area contributed by atoms with Crippen molar-refractivity contribution in [3.8, 4) is 44.5 Å². The van der Waals surface area contributed by atoms with Gasteiger partial charge in [-0.2, -0.15) is 52.7 Å². The van der Waals surface area contributed by atoms with Gasteiger partial charge in [0.15, 0.2) is 0 Å². The molecule has 4 aliphatic heterocycles. The van der Waals surface area contributed by atoms with Crippen LogP contribution in [0.4, 0.5) is 52.7 Å². The summed E-state index contributed by atoms with van der Waals surface area (Å²) in [6.07, 6.45) is -23.5. The third kappa shape index (κ3) is 6.65. The molecule has 4 nitrogen and oxygen atoms in total. The number of halogens is 12. The molecule has 16 heteroatoms. The normalized spacial score (nSPS) is 23.9. The minimum absolute atomic E-state index is 0.311. The Labute approximate surface area is 411 Å². The van der Waals surface area contributed by atoms with E-state index in [-0.39, 0.29) is 0 Å². The first kappa shape index (κ1) is 46.5. The number of rotatable bonds is 4. The fraction of sp³-hybridized carbons (Fsp3) is 0.207. The zero-order valence-corrected chi connectivity index (χ0v) is 37.6. The predicted molar refractivity (Wildman–Crippen MR) is 247 cm³/mol. The number of hydrogen-bond donors (Lipinski definition) is 0. The second kappa shape index (κ2) is 15.6. The van der Waals surface area contributed by atoms with E-state index < -0.39 is 107 Å². The highest BCUT2D eigenvalue weighted by Crippen LogP contribution is 2.72. The van der Waals surface area contributed by atoms with Gasteiger partial charge in [-0.15, -0.1) is 0 Å². The van der Waals surface area contributed by atoms with Crippen molar-refractivity contribution in [3.63, 3.8) is 0 Å². The molecule has 0 N–H and O–H groups in total. The van der Waals surface area contributed by atoms with E-state index in [0.717, 1.165) is 48.5 Å². The molecule has 1 aliphatic carbocycles. The summed E-state index contributed by atoms with van der Waals surface area (Å²) in [4.78, 5) is 31.5. The van der Waals surface area contributed by atoms with Crippen LogP contribution < -0.4 is 0 Å². The minimum atomic E-state index is -4.69. The molecule has 13 rings (SSSR count). The van der Waals surface area contributed by atoms with Gasteiger partial charge in [0, 0.05) is 0 Å². The molecule has 5 aliphatic rings. The van der Waals surface area contributed by atoms with Crippen LogP contribution in [-0.2, 0) is 43.8 Å². The molecule has 372 valence electrons. The first-order valence-corrected chi connectivity index (χ1v) is 23.4. The van der Waals surface area contributed by atoms with Crippen molar-refractivity contribution in [2.45, 2.75) is 49.1 Å². The van der Waals surface area contributed by atoms with Gasteiger partial charge >= 0.3 is 24.7 Å². The van der Waals surface area contributed by atoms with Crippen molar-refractivity contribution in [2.75, 3.05) is 0 Å². The van der Waals surface area contributed by atoms with Crippen LogP contribution in [0.15, 0.2) is 146 Å². The molecule has 0 radical (unpaired) electrons. The van der Waals surface area contributed by atoms with Gasteiger partial charge in [0.25, 0.3) is 0 Å². The molecule has 0 amide bonds. The van der Waals surface area contributed by atoms with Crippen molar-refractivity contribution >= 4 is 33.1 Å². The maximum absolute atomic E-state index is 15.8. The third-order valence-corrected chi connectivity index (χ3v) is 15.7. The molecule has 8 unspecified atom stereocenters. The first-order chi connectivity index (χ1) is 35.1. The number of ketones is 2. The Morgan fingerprint density at radius 1 is 0.284 bits per heavy atom. The monoisotopic (exact) mass is 1020 g/mol. The number of Topliss-reactive ketones (excluding diaryl/α,β-unsaturated/α-hetero) is 2. The van der Waals surface area contributed by atoms with Crippen LogP contribution >= 0.6 is 0 Å². The number of hydrogen-bond acceptors (Lipinski definition) is 4. The van der Waals surface area contributed by atoms with Gasteiger partial charge in [-0.05, 0) is 137 Å². The van der Waals surface area contributed by atoms with E-state index in [1.807, 2.05) is 0 Å². The first-order valence-electron chi connectivity index (χ1n) is 23.4. The van der Waals surface area contributed by atoms with E-state index in [2.05, 4.69) is 0 Å². The average Bonchev–Trinajstić information content (AvgIpc) is 4.22. The van der Waals surface area contributed by atoms with Crippen molar-refractivity contribution in [1.82, 2.24) is 0 Å². The van der Waals surface area contributed by atoms with E-state index in [9.17, 15) is 52.7 Å². The fourth-order valence-electron chi connectivity index (χ4n) is 12.8. The summed E-state index contributed by atoms with van der Waals surface area (Å²) in [5, 5.41) is 1.95. The van der Waals surface area contributed by atoms with Crippen molar-refractivity contribution in [1.29, 1.82) is 0 Å². The lowest BCUT2D eigenvalue weighted by Crippen LogP contribution is -2.50. The molecule has 74 heavy (non-hydrogen) atoms. The van der Waals surface area contributed by atoms with Gasteiger partial charge in [0.1, 0.15) is 11.6 Å². The SMILES string of the molecule is O=C1C2C3OC(c4c3c(-c3ccc(C(F)(F)F)cc3)c3ccccc3c4-c3ccc(C(F)(F)F)cc3)C2C(=O)C2C3OC(c4c3c(-c3ccc(C(F)(F)F)cc3)c3ccccc3c4-c3ccc(C(F)(F)F)cc3)C12. The van der Waals surface area contributed by atoms with Gasteiger partial charge in [-0.1, -0.05) is 97.1 Å². The highest BCUT2D eigenvalue weighted by Gasteiger charge is 2.71. The number of ether oxygens (including phenoxy) is 2. The number of alkyl halides is 12. The molecule has 0 aromatic heterocycles. The number of fused-ring (bicyclic) bond motifs is 18. The molecule has 1 saturated carbocycles. The largest absolute Gasteiger partial charge is 0.416 e. The van der Waals surface area contributed by atoms with Crippen LogP contribution in [0.1, 0.15) is 68.9 Å². The molecule has 8 atom stereocenters. The van der Waals surface area contributed by atoms with E-state index in [1.54, 1.807) is 48.5 Å². The van der Waals surface area contributed by atoms with Crippen LogP contribution in [-0.4, -0.2) is 11.6 Å². The standard InChI is InChI=1S/C58H32F12O4/c59-55(60,61)29-17-9-25(10-18-29)37-33-5-1-2-6-34(33)38(26-11-19-30(20-12-26)56(62,63)64)42-41(37)51-45-46(52(42)73-51)50(72)48-47(49(45)71)53-43-39(27-13-21-31(22-14-27)57(65,66)67)35-7-3-4-8-36(35)40(44(43)54(48)74-53)28-15-23-32(24-16-28)58(68,69)70/h1-24,45-48,51-54H. The maximum atomic E-state index is 15.8. The third-order valence-electron chi connectivity index (χ3n) is 15.7. The molecule has 4 heterocycles. The summed E-state index contributed by atoms with van der Waals surface area (Å²) in [7, 11) is 0. The molecule has 0 spiro atoms. The molecule has 8 aromatic carbocycles. The molecule has 2 saturated heterocycles. The van der Waals surface area contributed by atoms with E-state index in [0.29, 0.717) is 88.3 Å². The van der Waals surface area contributed by atoms with Crippen LogP contribution in [0.25, 0.3) is 66.1 Å². The van der Waals surface area contributed by atoms with Crippen LogP contribution in [0.3, 0.4) is 0 Å². The number of carbonyl (C=O) groups excluding carboxylic acids is 2. The Bertz CT molecular complexity index is 3210. The second-order valence-electron chi connectivity index (χ2n) is 19.4. The highest BCUT2D eigenvalue weighted by atomic mass is 19.4. The van der Waals surface area contributed by atoms with Gasteiger partial charge in [0.05, 0.1) is 70.3 Å². The van der Waals surface area contributed by atoms with Crippen LogP contribution in [0.2, 0.25) is 0 Å². The van der Waals surface area contributed by atoms with Crippen LogP contribution in [0.5, 0.6) is 0 Å². The number of benzene rings is 8. The number of carbonyl (C=O) groups is 2. The Hall–Kier alpha value is -7.30. The minimum Gasteiger partial charge on any atom is -0.364 e. The topological polar surface area (TPSA) is 52.6 Å². The van der Waals surface area contributed by atoms with Crippen molar-refractivity contribution in [2.24, 2.45) is 23.7 Å². The summed E-state index contributed by atoms with van der Waals surface area (Å²) in [6, 6.07) is 31.3. The smallest absolute Gasteiger partial charge is 0.364 e. The lowest BCUT2D eigenvalue weighted by Gasteiger charge is -2.42. The Balaban J connectivity index is 1.02. The summed E-state index contributed by atoms with van der Waals surface area (Å²) >= 11 is 0. The summed E-state index contributed by atoms with van der Waals surface area (Å²) in [6.45, 7) is 0. The maximum Gasteiger partial charge on any atom is 0.416 e. The van der Waals surface area contributed by atoms with Crippen molar-refractivity contribution < 1.29 is 71.7 Å². The molecule has 4 bridgehead atoms. The Morgan fingerprint density at radius 2 is 0.473 bits per heavy atom. The van der Waals surface area contributed by atoms with E-state index >= 15 is 9.59 Å². The average molecular weight is 1020 g/mol. The van der Waals surface area contributed by atoms with Gasteiger partial charge in [-0.3, -0.25) is 9.59 Å². The fourth-order valence-corrected chi connectivity index (χ4v) is 12.8. The van der Waals surface area contributed by atoms with E-state index in [1.165, 1.54) is 48.5 Å². The molecule has 8 aromatic rings. The van der Waals surface area contributed by atoms with Crippen LogP contribution in [0, 0.1) is 23.7 Å². The molecular formula is C58H32F12O4. The quantitative estimate of drug-likeness (QED) is 0.165. The predicted octanol–water partition coefficient (Wildman–Crippen LogP) is 16.3. The zero-order valence-electron chi connectivity index (χ0n) is 37.6. The Morgan fingerprint density at radius 3 is 0.649 bits per heavy atom. The van der Waals surface area contributed by atoms with Gasteiger partial charge < -0.3 is 9.47 Å². The van der Waals surface area contributed by atoms with Crippen molar-refractivity contribution in [3.05, 3.63) is 190 Å². The highest BCUT2D eigenvalue weighted by molar-refractivity contribution is 6.13. The lowest BCUT2D eigenvalue weighted by molar-refractivity contribution is -0.147. The zero-order chi connectivity index (χ0) is 51.7. The van der Waals surface area contributed by atoms with Gasteiger partial charge in [-0.25, -0.2) is 0 Å². The molecule has 3 fully saturated rings. The lowest BCUT2D eigenvalue weighted by atomic mass is 9.55. The summed E-state index contributed by atoms with van der Waals surface area (Å²) < 4.78 is 181. The summed E-state index contributed by atoms with van der Waals surface area (Å²) in [5.74, 6) is -5.69. The molecular weight excluding hydrogens is 989 g/mol.